The van der Waals surface area contributed by atoms with E-state index in [1.54, 1.807) is 6.20 Å². The van der Waals surface area contributed by atoms with Gasteiger partial charge in [-0.1, -0.05) is 52.0 Å². The van der Waals surface area contributed by atoms with Crippen molar-refractivity contribution < 1.29 is 5.11 Å². The second-order valence-electron chi connectivity index (χ2n) is 2.95. The summed E-state index contributed by atoms with van der Waals surface area (Å²) in [6.07, 6.45) is 7.71. The van der Waals surface area contributed by atoms with E-state index in [-0.39, 0.29) is 6.61 Å². The first-order chi connectivity index (χ1) is 8.81. The Morgan fingerprint density at radius 1 is 1.17 bits per heavy atom. The Bertz CT molecular complexity index is 337. The fraction of sp³-hybridized carbons (Fsp3) is 0.438. The van der Waals surface area contributed by atoms with Crippen molar-refractivity contribution in [3.63, 3.8) is 0 Å². The van der Waals surface area contributed by atoms with Crippen molar-refractivity contribution in [1.29, 1.82) is 0 Å². The lowest BCUT2D eigenvalue weighted by molar-refractivity contribution is 0.281. The van der Waals surface area contributed by atoms with Crippen LogP contribution in [-0.2, 0) is 6.61 Å². The molecule has 0 unspecified atom stereocenters. The quantitative estimate of drug-likeness (QED) is 0.794. The van der Waals surface area contributed by atoms with Gasteiger partial charge >= 0.3 is 0 Å². The average molecular weight is 249 g/mol. The second-order valence-corrected chi connectivity index (χ2v) is 2.95. The average Bonchev–Trinajstić information content (AvgIpc) is 2.49. The maximum Gasteiger partial charge on any atom is 0.0698 e. The van der Waals surface area contributed by atoms with Crippen LogP contribution >= 0.6 is 0 Å². The number of allylic oxidation sites excluding steroid dienone is 4. The predicted molar refractivity (Wildman–Crippen MR) is 81.3 cm³/mol. The molecular weight excluding hydrogens is 222 g/mol. The van der Waals surface area contributed by atoms with Crippen molar-refractivity contribution >= 4 is 5.57 Å². The van der Waals surface area contributed by atoms with Crippen LogP contribution in [0.2, 0.25) is 0 Å². The summed E-state index contributed by atoms with van der Waals surface area (Å²) in [4.78, 5) is 4.26. The van der Waals surface area contributed by atoms with Crippen LogP contribution in [0.5, 0.6) is 0 Å². The number of nitrogens with zero attached hydrogens (tertiary/aromatic N) is 1. The van der Waals surface area contributed by atoms with E-state index in [1.165, 1.54) is 0 Å². The normalized spacial score (nSPS) is 10.3. The molecular formula is C16H27NO. The van der Waals surface area contributed by atoms with E-state index >= 15 is 0 Å². The Kier molecular flexibility index (Phi) is 14.4. The van der Waals surface area contributed by atoms with Crippen LogP contribution in [0.4, 0.5) is 0 Å². The van der Waals surface area contributed by atoms with Crippen LogP contribution in [0.3, 0.4) is 0 Å². The van der Waals surface area contributed by atoms with E-state index in [9.17, 15) is 0 Å². The first-order valence-electron chi connectivity index (χ1n) is 6.67. The predicted octanol–water partition coefficient (Wildman–Crippen LogP) is 4.61. The Labute approximate surface area is 112 Å². The summed E-state index contributed by atoms with van der Waals surface area (Å²) in [5.74, 6) is 0. The van der Waals surface area contributed by atoms with Crippen molar-refractivity contribution in [3.8, 4) is 0 Å². The zero-order valence-electron chi connectivity index (χ0n) is 12.6. The molecule has 1 rings (SSSR count). The van der Waals surface area contributed by atoms with Gasteiger partial charge in [0.2, 0.25) is 0 Å². The second kappa shape index (κ2) is 13.7. The van der Waals surface area contributed by atoms with Gasteiger partial charge in [-0.05, 0) is 31.1 Å². The highest BCUT2D eigenvalue weighted by molar-refractivity contribution is 5.71. The van der Waals surface area contributed by atoms with Crippen molar-refractivity contribution in [1.82, 2.24) is 4.98 Å². The van der Waals surface area contributed by atoms with Crippen molar-refractivity contribution in [3.05, 3.63) is 47.8 Å². The Hall–Kier alpha value is -1.41. The van der Waals surface area contributed by atoms with Crippen LogP contribution in [-0.4, -0.2) is 10.1 Å². The molecule has 0 saturated heterocycles. The van der Waals surface area contributed by atoms with Gasteiger partial charge in [0.05, 0.1) is 12.3 Å². The zero-order valence-corrected chi connectivity index (χ0v) is 12.6. The lowest BCUT2D eigenvalue weighted by atomic mass is 10.1. The molecule has 2 heteroatoms. The third-order valence-electron chi connectivity index (χ3n) is 1.96. The summed E-state index contributed by atoms with van der Waals surface area (Å²) >= 11 is 0. The summed E-state index contributed by atoms with van der Waals surface area (Å²) in [5.41, 5.74) is 2.87. The van der Waals surface area contributed by atoms with Crippen LogP contribution in [0.25, 0.3) is 5.57 Å². The summed E-state index contributed by atoms with van der Waals surface area (Å²) < 4.78 is 0. The number of pyridine rings is 1. The molecule has 0 saturated carbocycles. The van der Waals surface area contributed by atoms with E-state index in [0.29, 0.717) is 0 Å². The molecule has 0 spiro atoms. The van der Waals surface area contributed by atoms with E-state index in [1.807, 2.05) is 71.9 Å². The van der Waals surface area contributed by atoms with Crippen molar-refractivity contribution in [2.24, 2.45) is 0 Å². The molecule has 0 aromatic carbocycles. The fourth-order valence-corrected chi connectivity index (χ4v) is 1.20. The molecule has 0 aliphatic rings. The van der Waals surface area contributed by atoms with Gasteiger partial charge in [0.1, 0.15) is 0 Å². The number of hydrogen-bond acceptors (Lipinski definition) is 2. The Morgan fingerprint density at radius 2 is 1.78 bits per heavy atom. The number of aliphatic hydroxyl groups is 1. The molecule has 0 amide bonds. The van der Waals surface area contributed by atoms with Crippen LogP contribution in [0, 0.1) is 0 Å². The molecule has 1 N–H and O–H groups in total. The van der Waals surface area contributed by atoms with Gasteiger partial charge in [0.15, 0.2) is 0 Å². The molecule has 0 fully saturated rings. The van der Waals surface area contributed by atoms with Gasteiger partial charge < -0.3 is 5.11 Å². The van der Waals surface area contributed by atoms with E-state index < -0.39 is 0 Å². The zero-order chi connectivity index (χ0) is 14.4. The number of hydrogen-bond donors (Lipinski definition) is 1. The van der Waals surface area contributed by atoms with Gasteiger partial charge in [-0.3, -0.25) is 4.98 Å². The lowest BCUT2D eigenvalue weighted by Gasteiger charge is -2.01. The summed E-state index contributed by atoms with van der Waals surface area (Å²) in [6.45, 7) is 12.0. The van der Waals surface area contributed by atoms with Crippen molar-refractivity contribution in [2.45, 2.75) is 48.1 Å². The third kappa shape index (κ3) is 7.02. The molecule has 1 heterocycles. The minimum atomic E-state index is 0.0437. The monoisotopic (exact) mass is 249 g/mol. The summed E-state index contributed by atoms with van der Waals surface area (Å²) in [6, 6.07) is 3.80. The number of aromatic nitrogens is 1. The molecule has 0 bridgehead atoms. The number of rotatable bonds is 3. The first kappa shape index (κ1) is 18.9. The Morgan fingerprint density at radius 3 is 2.11 bits per heavy atom. The SMILES string of the molecule is C/C=C\C(=C/C)c1ccc(CO)cn1.CC.CC. The minimum absolute atomic E-state index is 0.0437. The highest BCUT2D eigenvalue weighted by atomic mass is 16.3. The smallest absolute Gasteiger partial charge is 0.0698 e. The van der Waals surface area contributed by atoms with Gasteiger partial charge in [-0.15, -0.1) is 0 Å². The fourth-order valence-electron chi connectivity index (χ4n) is 1.20. The third-order valence-corrected chi connectivity index (χ3v) is 1.96. The maximum absolute atomic E-state index is 8.86. The molecule has 18 heavy (non-hydrogen) atoms. The maximum atomic E-state index is 8.86. The van der Waals surface area contributed by atoms with Crippen LogP contribution < -0.4 is 0 Å². The molecule has 2 nitrogen and oxygen atoms in total. The van der Waals surface area contributed by atoms with E-state index in [0.717, 1.165) is 16.8 Å². The molecule has 102 valence electrons. The van der Waals surface area contributed by atoms with E-state index in [2.05, 4.69) is 4.98 Å². The molecule has 0 aliphatic heterocycles. The van der Waals surface area contributed by atoms with E-state index in [4.69, 9.17) is 5.11 Å². The van der Waals surface area contributed by atoms with Crippen LogP contribution in [0.15, 0.2) is 36.6 Å². The molecule has 0 atom stereocenters. The van der Waals surface area contributed by atoms with Gasteiger partial charge in [-0.2, -0.15) is 0 Å². The molecule has 0 radical (unpaired) electrons. The van der Waals surface area contributed by atoms with Crippen molar-refractivity contribution in [2.75, 3.05) is 0 Å². The molecule has 1 aromatic heterocycles. The van der Waals surface area contributed by atoms with Gasteiger partial charge in [-0.25, -0.2) is 0 Å². The van der Waals surface area contributed by atoms with Gasteiger partial charge in [0.25, 0.3) is 0 Å². The first-order valence-corrected chi connectivity index (χ1v) is 6.67. The Balaban J connectivity index is 0. The van der Waals surface area contributed by atoms with Gasteiger partial charge in [0, 0.05) is 6.20 Å². The molecule has 1 aromatic rings. The standard InChI is InChI=1S/C12H15NO.2C2H6/c1-3-5-11(4-2)12-7-6-10(9-14)8-13-12;2*1-2/h3-8,14H,9H2,1-2H3;2*1-2H3/b5-3-,11-4+;;. The molecule has 0 aliphatic carbocycles. The lowest BCUT2D eigenvalue weighted by Crippen LogP contribution is -1.89. The highest BCUT2D eigenvalue weighted by Crippen LogP contribution is 2.13. The number of aliphatic hydroxyl groups excluding tert-OH is 1. The largest absolute Gasteiger partial charge is 0.392 e. The minimum Gasteiger partial charge on any atom is -0.392 e. The summed E-state index contributed by atoms with van der Waals surface area (Å²) in [5, 5.41) is 8.86. The topological polar surface area (TPSA) is 33.1 Å². The summed E-state index contributed by atoms with van der Waals surface area (Å²) in [7, 11) is 0. The highest BCUT2D eigenvalue weighted by Gasteiger charge is 1.97. The van der Waals surface area contributed by atoms with Crippen LogP contribution in [0.1, 0.15) is 52.8 Å².